The highest BCUT2D eigenvalue weighted by molar-refractivity contribution is 5.85. The molecule has 172 valence electrons. The van der Waals surface area contributed by atoms with Crippen molar-refractivity contribution in [2.75, 3.05) is 26.8 Å². The number of hydrogen-bond donors (Lipinski definition) is 1. The van der Waals surface area contributed by atoms with Crippen molar-refractivity contribution < 1.29 is 19.1 Å². The van der Waals surface area contributed by atoms with Gasteiger partial charge >= 0.3 is 12.1 Å². The topological polar surface area (TPSA) is 81.9 Å². The first kappa shape index (κ1) is 25.4. The van der Waals surface area contributed by atoms with E-state index in [9.17, 15) is 9.59 Å². The SMILES string of the molecule is C=CCOC(=O)[C@@H](CCCCN)N(C)C(=O)OCC1c2ccccc2-c2ccccc21.Cl. The molecule has 1 aliphatic rings. The Morgan fingerprint density at radius 1 is 1.06 bits per heavy atom. The number of halogens is 1. The number of benzene rings is 2. The fraction of sp³-hybridized carbons (Fsp3) is 0.360. The van der Waals surface area contributed by atoms with E-state index in [1.54, 1.807) is 7.05 Å². The Morgan fingerprint density at radius 2 is 1.66 bits per heavy atom. The largest absolute Gasteiger partial charge is 0.460 e. The highest BCUT2D eigenvalue weighted by Gasteiger charge is 2.32. The van der Waals surface area contributed by atoms with Gasteiger partial charge in [-0.1, -0.05) is 61.2 Å². The van der Waals surface area contributed by atoms with E-state index < -0.39 is 18.1 Å². The predicted molar refractivity (Wildman–Crippen MR) is 128 cm³/mol. The Morgan fingerprint density at radius 3 is 2.22 bits per heavy atom. The summed E-state index contributed by atoms with van der Waals surface area (Å²) in [5.41, 5.74) is 10.2. The molecule has 3 rings (SSSR count). The van der Waals surface area contributed by atoms with Crippen LogP contribution in [0.25, 0.3) is 11.1 Å². The van der Waals surface area contributed by atoms with Crippen LogP contribution < -0.4 is 5.73 Å². The molecule has 1 atom stereocenters. The van der Waals surface area contributed by atoms with Gasteiger partial charge in [-0.2, -0.15) is 0 Å². The number of nitrogens with zero attached hydrogens (tertiary/aromatic N) is 1. The Hall–Kier alpha value is -2.83. The minimum absolute atomic E-state index is 0. The monoisotopic (exact) mass is 458 g/mol. The summed E-state index contributed by atoms with van der Waals surface area (Å²) in [6, 6.07) is 15.6. The molecule has 1 amide bonds. The number of fused-ring (bicyclic) bond motifs is 3. The normalized spacial score (nSPS) is 12.7. The maximum absolute atomic E-state index is 12.8. The van der Waals surface area contributed by atoms with Crippen LogP contribution in [0.2, 0.25) is 0 Å². The second-order valence-electron chi connectivity index (χ2n) is 7.63. The zero-order valence-corrected chi connectivity index (χ0v) is 19.2. The highest BCUT2D eigenvalue weighted by Crippen LogP contribution is 2.44. The quantitative estimate of drug-likeness (QED) is 0.321. The smallest absolute Gasteiger partial charge is 0.410 e. The fourth-order valence-corrected chi connectivity index (χ4v) is 4.01. The summed E-state index contributed by atoms with van der Waals surface area (Å²) < 4.78 is 10.9. The zero-order chi connectivity index (χ0) is 22.2. The molecule has 2 aromatic carbocycles. The van der Waals surface area contributed by atoms with Gasteiger partial charge in [-0.25, -0.2) is 9.59 Å². The lowest BCUT2D eigenvalue weighted by Gasteiger charge is -2.26. The van der Waals surface area contributed by atoms with E-state index in [1.165, 1.54) is 22.1 Å². The summed E-state index contributed by atoms with van der Waals surface area (Å²) in [5, 5.41) is 0. The van der Waals surface area contributed by atoms with Crippen LogP contribution in [-0.2, 0) is 14.3 Å². The minimum atomic E-state index is -0.720. The maximum atomic E-state index is 12.8. The first-order valence-corrected chi connectivity index (χ1v) is 10.6. The number of carbonyl (C=O) groups excluding carboxylic acids is 2. The van der Waals surface area contributed by atoms with Gasteiger partial charge in [-0.3, -0.25) is 4.90 Å². The maximum Gasteiger partial charge on any atom is 0.410 e. The number of nitrogens with two attached hydrogens (primary N) is 1. The standard InChI is InChI=1S/C25H30N2O4.ClH/c1-3-16-30-24(28)23(14-8-9-15-26)27(2)25(29)31-17-22-20-12-6-4-10-18(20)19-11-5-7-13-21(19)22;/h3-7,10-13,22-23H,1,8-9,14-17,26H2,2H3;1H/t23-;/m1./s1. The molecule has 2 N–H and O–H groups in total. The molecule has 32 heavy (non-hydrogen) atoms. The first-order valence-electron chi connectivity index (χ1n) is 10.6. The average molecular weight is 459 g/mol. The van der Waals surface area contributed by atoms with E-state index in [1.807, 2.05) is 24.3 Å². The Balaban J connectivity index is 0.00000363. The van der Waals surface area contributed by atoms with Crippen molar-refractivity contribution in [3.63, 3.8) is 0 Å². The van der Waals surface area contributed by atoms with E-state index in [4.69, 9.17) is 15.2 Å². The summed E-state index contributed by atoms with van der Waals surface area (Å²) >= 11 is 0. The number of carbonyl (C=O) groups is 2. The molecular weight excluding hydrogens is 428 g/mol. The Labute approximate surface area is 195 Å². The van der Waals surface area contributed by atoms with Gasteiger partial charge in [-0.05, 0) is 48.1 Å². The van der Waals surface area contributed by atoms with E-state index in [0.29, 0.717) is 19.4 Å². The van der Waals surface area contributed by atoms with Gasteiger partial charge in [0.15, 0.2) is 0 Å². The van der Waals surface area contributed by atoms with Gasteiger partial charge in [0.05, 0.1) is 0 Å². The van der Waals surface area contributed by atoms with Crippen molar-refractivity contribution >= 4 is 24.5 Å². The Bertz CT molecular complexity index is 888. The molecule has 0 aromatic heterocycles. The molecule has 2 aromatic rings. The second-order valence-corrected chi connectivity index (χ2v) is 7.63. The molecule has 0 saturated heterocycles. The number of hydrogen-bond acceptors (Lipinski definition) is 5. The molecule has 0 radical (unpaired) electrons. The molecule has 0 spiro atoms. The van der Waals surface area contributed by atoms with Crippen LogP contribution in [-0.4, -0.2) is 49.8 Å². The lowest BCUT2D eigenvalue weighted by atomic mass is 9.98. The molecule has 0 unspecified atom stereocenters. The van der Waals surface area contributed by atoms with E-state index >= 15 is 0 Å². The van der Waals surface area contributed by atoms with Crippen LogP contribution in [0.15, 0.2) is 61.2 Å². The Kier molecular flexibility index (Phi) is 9.75. The molecule has 6 nitrogen and oxygen atoms in total. The summed E-state index contributed by atoms with van der Waals surface area (Å²) in [4.78, 5) is 26.6. The highest BCUT2D eigenvalue weighted by atomic mass is 35.5. The summed E-state index contributed by atoms with van der Waals surface area (Å²) in [7, 11) is 1.57. The molecular formula is C25H31ClN2O4. The number of amides is 1. The molecule has 0 bridgehead atoms. The van der Waals surface area contributed by atoms with Crippen LogP contribution >= 0.6 is 12.4 Å². The minimum Gasteiger partial charge on any atom is -0.460 e. The van der Waals surface area contributed by atoms with Crippen LogP contribution in [0, 0.1) is 0 Å². The van der Waals surface area contributed by atoms with E-state index in [-0.39, 0.29) is 31.5 Å². The number of rotatable bonds is 10. The van der Waals surface area contributed by atoms with Gasteiger partial charge in [-0.15, -0.1) is 12.4 Å². The number of unbranched alkanes of at least 4 members (excludes halogenated alkanes) is 1. The summed E-state index contributed by atoms with van der Waals surface area (Å²) in [6.07, 6.45) is 2.90. The van der Waals surface area contributed by atoms with Crippen LogP contribution in [0.4, 0.5) is 4.79 Å². The van der Waals surface area contributed by atoms with Crippen molar-refractivity contribution in [1.82, 2.24) is 4.90 Å². The number of likely N-dealkylation sites (N-methyl/N-ethyl adjacent to an activating group) is 1. The second kappa shape index (κ2) is 12.3. The molecule has 0 aliphatic heterocycles. The lowest BCUT2D eigenvalue weighted by Crippen LogP contribution is -2.44. The van der Waals surface area contributed by atoms with Crippen molar-refractivity contribution in [3.8, 4) is 11.1 Å². The van der Waals surface area contributed by atoms with Gasteiger partial charge in [0.1, 0.15) is 19.3 Å². The van der Waals surface area contributed by atoms with Gasteiger partial charge < -0.3 is 15.2 Å². The molecule has 1 aliphatic carbocycles. The average Bonchev–Trinajstić information content (AvgIpc) is 3.12. The fourth-order valence-electron chi connectivity index (χ4n) is 4.01. The van der Waals surface area contributed by atoms with E-state index in [2.05, 4.69) is 30.8 Å². The summed E-state index contributed by atoms with van der Waals surface area (Å²) in [6.45, 7) is 4.39. The number of esters is 1. The molecule has 0 fully saturated rings. The van der Waals surface area contributed by atoms with Gasteiger partial charge in [0, 0.05) is 13.0 Å². The van der Waals surface area contributed by atoms with Crippen LogP contribution in [0.3, 0.4) is 0 Å². The van der Waals surface area contributed by atoms with E-state index in [0.717, 1.165) is 17.5 Å². The van der Waals surface area contributed by atoms with Crippen molar-refractivity contribution in [2.45, 2.75) is 31.2 Å². The zero-order valence-electron chi connectivity index (χ0n) is 18.4. The molecule has 0 heterocycles. The summed E-state index contributed by atoms with van der Waals surface area (Å²) in [5.74, 6) is -0.499. The predicted octanol–water partition coefficient (Wildman–Crippen LogP) is 4.52. The van der Waals surface area contributed by atoms with Gasteiger partial charge in [0.25, 0.3) is 0 Å². The lowest BCUT2D eigenvalue weighted by molar-refractivity contribution is -0.148. The van der Waals surface area contributed by atoms with Crippen molar-refractivity contribution in [1.29, 1.82) is 0 Å². The third-order valence-corrected chi connectivity index (χ3v) is 5.64. The van der Waals surface area contributed by atoms with Crippen molar-refractivity contribution in [2.24, 2.45) is 5.73 Å². The third kappa shape index (κ3) is 5.69. The van der Waals surface area contributed by atoms with Crippen LogP contribution in [0.1, 0.15) is 36.3 Å². The van der Waals surface area contributed by atoms with Gasteiger partial charge in [0.2, 0.25) is 0 Å². The molecule has 7 heteroatoms. The number of ether oxygens (including phenoxy) is 2. The van der Waals surface area contributed by atoms with Crippen molar-refractivity contribution in [3.05, 3.63) is 72.3 Å². The first-order chi connectivity index (χ1) is 15.1. The molecule has 0 saturated carbocycles. The third-order valence-electron chi connectivity index (χ3n) is 5.64. The van der Waals surface area contributed by atoms with Crippen LogP contribution in [0.5, 0.6) is 0 Å².